The molecular weight excluding hydrogens is 378 g/mol. The first kappa shape index (κ1) is 22.3. The molecule has 0 radical (unpaired) electrons. The molecule has 0 heterocycles. The van der Waals surface area contributed by atoms with Gasteiger partial charge < -0.3 is 15.4 Å². The van der Waals surface area contributed by atoms with Crippen molar-refractivity contribution in [2.45, 2.75) is 32.6 Å². The number of amides is 2. The van der Waals surface area contributed by atoms with Crippen LogP contribution < -0.4 is 15.4 Å². The predicted molar refractivity (Wildman–Crippen MR) is 107 cm³/mol. The smallest absolute Gasteiger partial charge is 0.254 e. The maximum absolute atomic E-state index is 13.5. The molecule has 0 saturated heterocycles. The van der Waals surface area contributed by atoms with Crippen molar-refractivity contribution in [2.24, 2.45) is 0 Å². The highest BCUT2D eigenvalue weighted by Crippen LogP contribution is 2.13. The Kier molecular flexibility index (Phi) is 9.08. The normalized spacial score (nSPS) is 10.4. The van der Waals surface area contributed by atoms with Crippen molar-refractivity contribution in [3.63, 3.8) is 0 Å². The molecule has 29 heavy (non-hydrogen) atoms. The molecule has 0 aliphatic carbocycles. The first-order chi connectivity index (χ1) is 14.0. The van der Waals surface area contributed by atoms with E-state index in [0.717, 1.165) is 36.3 Å². The minimum Gasteiger partial charge on any atom is -0.494 e. The molecule has 0 unspecified atom stereocenters. The molecule has 2 rings (SSSR count). The fourth-order valence-electron chi connectivity index (χ4n) is 2.58. The zero-order chi connectivity index (χ0) is 21.1. The van der Waals surface area contributed by atoms with Gasteiger partial charge in [0.25, 0.3) is 5.91 Å². The third-order valence-corrected chi connectivity index (χ3v) is 4.24. The molecule has 0 bridgehead atoms. The van der Waals surface area contributed by atoms with Gasteiger partial charge in [-0.25, -0.2) is 8.78 Å². The van der Waals surface area contributed by atoms with Gasteiger partial charge in [-0.2, -0.15) is 0 Å². The Hall–Kier alpha value is -2.96. The average Bonchev–Trinajstić information content (AvgIpc) is 2.69. The third-order valence-electron chi connectivity index (χ3n) is 4.24. The molecule has 2 aromatic rings. The second-order valence-electron chi connectivity index (χ2n) is 6.58. The second kappa shape index (κ2) is 11.8. The third kappa shape index (κ3) is 7.89. The maximum Gasteiger partial charge on any atom is 0.254 e. The average molecular weight is 404 g/mol. The van der Waals surface area contributed by atoms with Crippen molar-refractivity contribution >= 4 is 11.8 Å². The van der Waals surface area contributed by atoms with Gasteiger partial charge >= 0.3 is 0 Å². The molecule has 0 fully saturated rings. The van der Waals surface area contributed by atoms with Gasteiger partial charge in [0.2, 0.25) is 5.91 Å². The lowest BCUT2D eigenvalue weighted by atomic mass is 10.1. The van der Waals surface area contributed by atoms with Crippen LogP contribution in [0.1, 0.15) is 42.1 Å². The molecule has 0 saturated carbocycles. The van der Waals surface area contributed by atoms with Crippen molar-refractivity contribution in [3.05, 3.63) is 65.2 Å². The standard InChI is InChI=1S/C22H26F2N2O3/c1-2-3-14-29-18-7-4-16(5-8-18)10-12-25-21(27)11-13-26-22(28)19-9-6-17(23)15-20(19)24/h4-9,15H,2-3,10-14H2,1H3,(H,25,27)(H,26,28). The van der Waals surface area contributed by atoms with E-state index in [1.165, 1.54) is 0 Å². The van der Waals surface area contributed by atoms with Crippen molar-refractivity contribution < 1.29 is 23.1 Å². The van der Waals surface area contributed by atoms with Crippen LogP contribution in [0.3, 0.4) is 0 Å². The first-order valence-electron chi connectivity index (χ1n) is 9.71. The van der Waals surface area contributed by atoms with Crippen LogP contribution in [-0.2, 0) is 11.2 Å². The van der Waals surface area contributed by atoms with Crippen LogP contribution in [0.4, 0.5) is 8.78 Å². The van der Waals surface area contributed by atoms with E-state index in [1.807, 2.05) is 24.3 Å². The number of hydrogen-bond donors (Lipinski definition) is 2. The number of carbonyl (C=O) groups is 2. The number of hydrogen-bond acceptors (Lipinski definition) is 3. The zero-order valence-electron chi connectivity index (χ0n) is 16.5. The van der Waals surface area contributed by atoms with Gasteiger partial charge in [0.15, 0.2) is 0 Å². The lowest BCUT2D eigenvalue weighted by Crippen LogP contribution is -2.32. The van der Waals surface area contributed by atoms with Crippen LogP contribution in [0.15, 0.2) is 42.5 Å². The van der Waals surface area contributed by atoms with E-state index in [1.54, 1.807) is 0 Å². The molecule has 0 aromatic heterocycles. The summed E-state index contributed by atoms with van der Waals surface area (Å²) in [5, 5.41) is 5.22. The number of unbranched alkanes of at least 4 members (excludes halogenated alkanes) is 1. The second-order valence-corrected chi connectivity index (χ2v) is 6.58. The molecular formula is C22H26F2N2O3. The summed E-state index contributed by atoms with van der Waals surface area (Å²) in [5.74, 6) is -1.76. The summed E-state index contributed by atoms with van der Waals surface area (Å²) in [4.78, 5) is 23.7. The Balaban J connectivity index is 1.64. The summed E-state index contributed by atoms with van der Waals surface area (Å²) in [6, 6.07) is 10.5. The molecule has 2 aromatic carbocycles. The van der Waals surface area contributed by atoms with E-state index in [4.69, 9.17) is 4.74 Å². The fraction of sp³-hybridized carbons (Fsp3) is 0.364. The quantitative estimate of drug-likeness (QED) is 0.562. The van der Waals surface area contributed by atoms with Crippen molar-refractivity contribution in [3.8, 4) is 5.75 Å². The van der Waals surface area contributed by atoms with Gasteiger partial charge in [0.05, 0.1) is 12.2 Å². The summed E-state index contributed by atoms with van der Waals surface area (Å²) in [5.41, 5.74) is 0.821. The summed E-state index contributed by atoms with van der Waals surface area (Å²) in [6.07, 6.45) is 2.85. The molecule has 2 amide bonds. The minimum atomic E-state index is -0.936. The highest BCUT2D eigenvalue weighted by atomic mass is 19.1. The van der Waals surface area contributed by atoms with Crippen LogP contribution in [0.5, 0.6) is 5.75 Å². The number of ether oxygens (including phenoxy) is 1. The largest absolute Gasteiger partial charge is 0.494 e. The van der Waals surface area contributed by atoms with Gasteiger partial charge in [-0.15, -0.1) is 0 Å². The number of benzene rings is 2. The molecule has 0 spiro atoms. The monoisotopic (exact) mass is 404 g/mol. The lowest BCUT2D eigenvalue weighted by molar-refractivity contribution is -0.120. The summed E-state index contributed by atoms with van der Waals surface area (Å²) < 4.78 is 32.0. The van der Waals surface area contributed by atoms with Gasteiger partial charge in [0.1, 0.15) is 17.4 Å². The van der Waals surface area contributed by atoms with Gasteiger partial charge in [-0.05, 0) is 42.7 Å². The van der Waals surface area contributed by atoms with Crippen LogP contribution in [0.25, 0.3) is 0 Å². The molecule has 0 aliphatic rings. The topological polar surface area (TPSA) is 67.4 Å². The predicted octanol–water partition coefficient (Wildman–Crippen LogP) is 3.62. The number of halogens is 2. The van der Waals surface area contributed by atoms with Crippen LogP contribution >= 0.6 is 0 Å². The Morgan fingerprint density at radius 1 is 1.00 bits per heavy atom. The van der Waals surface area contributed by atoms with Crippen molar-refractivity contribution in [1.29, 1.82) is 0 Å². The Morgan fingerprint density at radius 2 is 1.76 bits per heavy atom. The van der Waals surface area contributed by atoms with Crippen LogP contribution in [0, 0.1) is 11.6 Å². The Morgan fingerprint density at radius 3 is 2.45 bits per heavy atom. The lowest BCUT2D eigenvalue weighted by Gasteiger charge is -2.08. The Labute approximate surface area is 169 Å². The summed E-state index contributed by atoms with van der Waals surface area (Å²) in [6.45, 7) is 3.34. The highest BCUT2D eigenvalue weighted by Gasteiger charge is 2.12. The summed E-state index contributed by atoms with van der Waals surface area (Å²) in [7, 11) is 0. The molecule has 2 N–H and O–H groups in total. The number of nitrogens with one attached hydrogen (secondary N) is 2. The molecule has 0 atom stereocenters. The first-order valence-corrected chi connectivity index (χ1v) is 9.71. The van der Waals surface area contributed by atoms with E-state index in [0.29, 0.717) is 25.6 Å². The van der Waals surface area contributed by atoms with Crippen molar-refractivity contribution in [1.82, 2.24) is 10.6 Å². The van der Waals surface area contributed by atoms with Gasteiger partial charge in [-0.1, -0.05) is 25.5 Å². The number of rotatable bonds is 11. The highest BCUT2D eigenvalue weighted by molar-refractivity contribution is 5.94. The van der Waals surface area contributed by atoms with E-state index in [9.17, 15) is 18.4 Å². The van der Waals surface area contributed by atoms with E-state index >= 15 is 0 Å². The molecule has 0 aliphatic heterocycles. The summed E-state index contributed by atoms with van der Waals surface area (Å²) >= 11 is 0. The minimum absolute atomic E-state index is 0.0608. The zero-order valence-corrected chi connectivity index (χ0v) is 16.5. The van der Waals surface area contributed by atoms with E-state index in [2.05, 4.69) is 17.6 Å². The van der Waals surface area contributed by atoms with E-state index in [-0.39, 0.29) is 24.4 Å². The van der Waals surface area contributed by atoms with Crippen molar-refractivity contribution in [2.75, 3.05) is 19.7 Å². The molecule has 5 nitrogen and oxygen atoms in total. The number of carbonyl (C=O) groups excluding carboxylic acids is 2. The Bertz CT molecular complexity index is 810. The van der Waals surface area contributed by atoms with E-state index < -0.39 is 17.5 Å². The maximum atomic E-state index is 13.5. The fourth-order valence-corrected chi connectivity index (χ4v) is 2.58. The van der Waals surface area contributed by atoms with Gasteiger partial charge in [-0.3, -0.25) is 9.59 Å². The molecule has 156 valence electrons. The van der Waals surface area contributed by atoms with Crippen LogP contribution in [0.2, 0.25) is 0 Å². The SMILES string of the molecule is CCCCOc1ccc(CCNC(=O)CCNC(=O)c2ccc(F)cc2F)cc1. The van der Waals surface area contributed by atoms with Gasteiger partial charge in [0, 0.05) is 25.6 Å². The molecule has 7 heteroatoms. The van der Waals surface area contributed by atoms with Crippen LogP contribution in [-0.4, -0.2) is 31.5 Å².